The summed E-state index contributed by atoms with van der Waals surface area (Å²) in [7, 11) is 0. The number of aromatic nitrogens is 1. The molecule has 28 heavy (non-hydrogen) atoms. The number of carbonyl (C=O) groups is 2. The first-order valence-corrected chi connectivity index (χ1v) is 10.6. The van der Waals surface area contributed by atoms with Gasteiger partial charge >= 0.3 is 0 Å². The summed E-state index contributed by atoms with van der Waals surface area (Å²) in [5.41, 5.74) is 2.27. The highest BCUT2D eigenvalue weighted by molar-refractivity contribution is 7.17. The molecule has 0 unspecified atom stereocenters. The van der Waals surface area contributed by atoms with E-state index in [1.54, 1.807) is 11.3 Å². The van der Waals surface area contributed by atoms with Crippen molar-refractivity contribution in [2.24, 2.45) is 10.5 Å². The monoisotopic (exact) mass is 402 g/mol. The van der Waals surface area contributed by atoms with E-state index in [1.165, 1.54) is 5.01 Å². The van der Waals surface area contributed by atoms with Gasteiger partial charge in [0.25, 0.3) is 5.91 Å². The Morgan fingerprint density at radius 2 is 2.25 bits per heavy atom. The summed E-state index contributed by atoms with van der Waals surface area (Å²) in [4.78, 5) is 25.7. The number of carbonyl (C=O) groups excluding carboxylic acids is 2. The van der Waals surface area contributed by atoms with Crippen molar-refractivity contribution in [2.75, 3.05) is 19.7 Å². The van der Waals surface area contributed by atoms with Crippen LogP contribution in [-0.4, -0.2) is 52.9 Å². The van der Waals surface area contributed by atoms with Gasteiger partial charge in [0.2, 0.25) is 5.91 Å². The van der Waals surface area contributed by atoms with Crippen LogP contribution in [0.1, 0.15) is 44.1 Å². The van der Waals surface area contributed by atoms with Gasteiger partial charge in [-0.1, -0.05) is 20.8 Å². The van der Waals surface area contributed by atoms with Crippen molar-refractivity contribution in [3.05, 3.63) is 23.2 Å². The van der Waals surface area contributed by atoms with Crippen molar-refractivity contribution >= 4 is 39.1 Å². The Labute approximate surface area is 168 Å². The zero-order valence-electron chi connectivity index (χ0n) is 16.5. The molecule has 4 heterocycles. The molecular formula is C20H26N4O3S. The Morgan fingerprint density at radius 1 is 1.43 bits per heavy atom. The second kappa shape index (κ2) is 7.33. The Morgan fingerprint density at radius 3 is 2.96 bits per heavy atom. The van der Waals surface area contributed by atoms with Crippen molar-refractivity contribution in [1.29, 1.82) is 0 Å². The number of thiophene rings is 1. The maximum atomic E-state index is 13.2. The third-order valence-corrected chi connectivity index (χ3v) is 6.09. The minimum Gasteiger partial charge on any atom is -0.376 e. The summed E-state index contributed by atoms with van der Waals surface area (Å²) in [6.07, 6.45) is 2.05. The number of hydrogen-bond acceptors (Lipinski definition) is 5. The summed E-state index contributed by atoms with van der Waals surface area (Å²) >= 11 is 1.61. The van der Waals surface area contributed by atoms with Crippen LogP contribution in [0.25, 0.3) is 10.2 Å². The van der Waals surface area contributed by atoms with Gasteiger partial charge in [-0.3, -0.25) is 9.59 Å². The quantitative estimate of drug-likeness (QED) is 0.854. The molecule has 4 rings (SSSR count). The predicted octanol–water partition coefficient (Wildman–Crippen LogP) is 2.86. The van der Waals surface area contributed by atoms with Crippen LogP contribution >= 0.6 is 11.3 Å². The van der Waals surface area contributed by atoms with E-state index in [9.17, 15) is 9.59 Å². The average Bonchev–Trinajstić information content (AvgIpc) is 3.34. The number of hydrazone groups is 1. The lowest BCUT2D eigenvalue weighted by Crippen LogP contribution is -2.41. The van der Waals surface area contributed by atoms with E-state index < -0.39 is 0 Å². The Kier molecular flexibility index (Phi) is 5.01. The van der Waals surface area contributed by atoms with Gasteiger partial charge < -0.3 is 14.6 Å². The first-order chi connectivity index (χ1) is 13.3. The van der Waals surface area contributed by atoms with E-state index in [-0.39, 0.29) is 29.9 Å². The molecule has 1 fully saturated rings. The summed E-state index contributed by atoms with van der Waals surface area (Å²) in [5.74, 6) is -0.461. The molecule has 2 aliphatic rings. The number of fused-ring (bicyclic) bond motifs is 3. The summed E-state index contributed by atoms with van der Waals surface area (Å²) in [6.45, 7) is 7.89. The van der Waals surface area contributed by atoms with E-state index in [0.29, 0.717) is 18.8 Å². The molecule has 2 amide bonds. The smallest absolute Gasteiger partial charge is 0.291 e. The molecule has 7 nitrogen and oxygen atoms in total. The van der Waals surface area contributed by atoms with Crippen LogP contribution in [0.15, 0.2) is 22.6 Å². The zero-order chi connectivity index (χ0) is 19.9. The fraction of sp³-hybridized carbons (Fsp3) is 0.550. The average molecular weight is 403 g/mol. The van der Waals surface area contributed by atoms with E-state index in [4.69, 9.17) is 4.74 Å². The molecule has 0 saturated carbocycles. The van der Waals surface area contributed by atoms with E-state index >= 15 is 0 Å². The zero-order valence-corrected chi connectivity index (χ0v) is 17.3. The highest BCUT2D eigenvalue weighted by Gasteiger charge is 2.31. The number of ether oxygens (including phenoxy) is 1. The van der Waals surface area contributed by atoms with Gasteiger partial charge in [-0.2, -0.15) is 5.10 Å². The molecule has 150 valence electrons. The van der Waals surface area contributed by atoms with Gasteiger partial charge in [-0.25, -0.2) is 5.01 Å². The van der Waals surface area contributed by atoms with Gasteiger partial charge in [0.05, 0.1) is 28.6 Å². The normalized spacial score (nSPS) is 20.2. The Bertz CT molecular complexity index is 931. The van der Waals surface area contributed by atoms with Crippen LogP contribution in [0.4, 0.5) is 0 Å². The number of nitrogens with zero attached hydrogens (tertiary/aromatic N) is 3. The van der Waals surface area contributed by atoms with Crippen molar-refractivity contribution in [1.82, 2.24) is 14.9 Å². The first kappa shape index (κ1) is 19.1. The van der Waals surface area contributed by atoms with Gasteiger partial charge in [0.1, 0.15) is 12.2 Å². The molecule has 8 heteroatoms. The molecule has 0 bridgehead atoms. The van der Waals surface area contributed by atoms with E-state index in [0.717, 1.165) is 35.4 Å². The number of rotatable bonds is 4. The number of hydrogen-bond donors (Lipinski definition) is 1. The van der Waals surface area contributed by atoms with Crippen molar-refractivity contribution in [2.45, 2.75) is 46.3 Å². The third kappa shape index (κ3) is 3.71. The van der Waals surface area contributed by atoms with Crippen LogP contribution < -0.4 is 5.32 Å². The Hall–Kier alpha value is -2.19. The standard InChI is InChI=1S/C20H26N4O3S/c1-20(2,3)17-11-23-14-6-8-28-16(14)9-15(23)19(26)24(22-17)12-18(25)21-10-13-5-4-7-27-13/h6,8-9,13H,4-5,7,10-12H2,1-3H3,(H,21,25)/t13-/m1/s1. The van der Waals surface area contributed by atoms with Crippen molar-refractivity contribution in [3.8, 4) is 0 Å². The second-order valence-corrected chi connectivity index (χ2v) is 9.33. The predicted molar refractivity (Wildman–Crippen MR) is 110 cm³/mol. The maximum Gasteiger partial charge on any atom is 0.291 e. The van der Waals surface area contributed by atoms with Gasteiger partial charge in [-0.15, -0.1) is 11.3 Å². The molecule has 0 spiro atoms. The lowest BCUT2D eigenvalue weighted by atomic mass is 9.90. The van der Waals surface area contributed by atoms with Crippen LogP contribution in [0.2, 0.25) is 0 Å². The van der Waals surface area contributed by atoms with E-state index in [2.05, 4.69) is 31.2 Å². The van der Waals surface area contributed by atoms with Crippen LogP contribution in [0.3, 0.4) is 0 Å². The summed E-state index contributed by atoms with van der Waals surface area (Å²) in [6, 6.07) is 3.93. The molecule has 1 saturated heterocycles. The van der Waals surface area contributed by atoms with Crippen LogP contribution in [0, 0.1) is 5.41 Å². The highest BCUT2D eigenvalue weighted by atomic mass is 32.1. The van der Waals surface area contributed by atoms with Crippen molar-refractivity contribution in [3.63, 3.8) is 0 Å². The molecule has 2 aliphatic heterocycles. The largest absolute Gasteiger partial charge is 0.376 e. The van der Waals surface area contributed by atoms with Crippen LogP contribution in [-0.2, 0) is 16.1 Å². The summed E-state index contributed by atoms with van der Waals surface area (Å²) in [5, 5.41) is 10.8. The number of amides is 2. The lowest BCUT2D eigenvalue weighted by molar-refractivity contribution is -0.122. The first-order valence-electron chi connectivity index (χ1n) is 9.68. The van der Waals surface area contributed by atoms with Crippen LogP contribution in [0.5, 0.6) is 0 Å². The second-order valence-electron chi connectivity index (χ2n) is 8.38. The lowest BCUT2D eigenvalue weighted by Gasteiger charge is -2.23. The SMILES string of the molecule is CC(C)(C)C1=NN(CC(=O)NC[C@H]2CCCO2)C(=O)c2cc3sccc3n2C1. The van der Waals surface area contributed by atoms with Gasteiger partial charge in [0.15, 0.2) is 0 Å². The fourth-order valence-corrected chi connectivity index (χ4v) is 4.37. The topological polar surface area (TPSA) is 75.9 Å². The molecule has 0 aromatic carbocycles. The molecule has 2 aromatic heterocycles. The molecule has 0 aliphatic carbocycles. The molecule has 1 N–H and O–H groups in total. The minimum atomic E-state index is -0.241. The molecular weight excluding hydrogens is 376 g/mol. The van der Waals surface area contributed by atoms with Gasteiger partial charge in [0, 0.05) is 18.6 Å². The molecule has 0 radical (unpaired) electrons. The van der Waals surface area contributed by atoms with Crippen molar-refractivity contribution < 1.29 is 14.3 Å². The maximum absolute atomic E-state index is 13.2. The minimum absolute atomic E-state index is 0.0708. The fourth-order valence-electron chi connectivity index (χ4n) is 3.55. The molecule has 2 aromatic rings. The van der Waals surface area contributed by atoms with E-state index in [1.807, 2.05) is 22.1 Å². The third-order valence-electron chi connectivity index (χ3n) is 5.24. The number of nitrogens with one attached hydrogen (secondary N) is 1. The Balaban J connectivity index is 1.58. The molecule has 1 atom stereocenters. The summed E-state index contributed by atoms with van der Waals surface area (Å²) < 4.78 is 8.63. The highest BCUT2D eigenvalue weighted by Crippen LogP contribution is 2.30. The van der Waals surface area contributed by atoms with Gasteiger partial charge in [-0.05, 0) is 30.4 Å².